The van der Waals surface area contributed by atoms with Crippen molar-refractivity contribution in [3.63, 3.8) is 0 Å². The molecule has 1 aliphatic heterocycles. The first-order chi connectivity index (χ1) is 9.67. The van der Waals surface area contributed by atoms with Crippen LogP contribution in [0.25, 0.3) is 11.0 Å². The zero-order valence-corrected chi connectivity index (χ0v) is 11.5. The molecule has 2 aromatic rings. The van der Waals surface area contributed by atoms with Gasteiger partial charge < -0.3 is 10.2 Å². The molecule has 1 aliphatic rings. The third-order valence-corrected chi connectivity index (χ3v) is 3.91. The second-order valence-corrected chi connectivity index (χ2v) is 5.40. The predicted octanol–water partition coefficient (Wildman–Crippen LogP) is 0.866. The van der Waals surface area contributed by atoms with Crippen molar-refractivity contribution in [3.8, 4) is 0 Å². The Morgan fingerprint density at radius 2 is 1.95 bits per heavy atom. The summed E-state index contributed by atoms with van der Waals surface area (Å²) >= 11 is 0. The van der Waals surface area contributed by atoms with Gasteiger partial charge in [0.1, 0.15) is 0 Å². The Hall–Kier alpha value is -1.56. The van der Waals surface area contributed by atoms with E-state index in [2.05, 4.69) is 14.9 Å². The molecule has 5 heteroatoms. The molecule has 2 atom stereocenters. The van der Waals surface area contributed by atoms with E-state index in [1.165, 1.54) is 0 Å². The first-order valence-corrected chi connectivity index (χ1v) is 6.92. The van der Waals surface area contributed by atoms with E-state index in [0.29, 0.717) is 19.5 Å². The highest BCUT2D eigenvalue weighted by Gasteiger charge is 2.30. The lowest BCUT2D eigenvalue weighted by Crippen LogP contribution is -2.32. The van der Waals surface area contributed by atoms with Gasteiger partial charge in [0.15, 0.2) is 0 Å². The van der Waals surface area contributed by atoms with Crippen molar-refractivity contribution in [1.82, 2.24) is 14.9 Å². The lowest BCUT2D eigenvalue weighted by Gasteiger charge is -2.22. The van der Waals surface area contributed by atoms with Crippen molar-refractivity contribution in [3.05, 3.63) is 35.7 Å². The quantitative estimate of drug-likeness (QED) is 0.868. The van der Waals surface area contributed by atoms with Gasteiger partial charge in [0.25, 0.3) is 0 Å². The maximum atomic E-state index is 9.73. The highest BCUT2D eigenvalue weighted by molar-refractivity contribution is 5.74. The van der Waals surface area contributed by atoms with Gasteiger partial charge in [-0.2, -0.15) is 0 Å². The number of likely N-dealkylation sites (tertiary alicyclic amines) is 1. The number of β-amino-alcohol motifs (C(OH)–C–C–N with tert-alkyl or cyclic N) is 1. The fraction of sp³-hybridized carbons (Fsp3) is 0.467. The molecule has 1 fully saturated rings. The van der Waals surface area contributed by atoms with Crippen molar-refractivity contribution in [1.29, 1.82) is 0 Å². The van der Waals surface area contributed by atoms with Crippen LogP contribution in [0, 0.1) is 6.92 Å². The van der Waals surface area contributed by atoms with Crippen LogP contribution in [0.3, 0.4) is 0 Å². The number of aliphatic hydroxyl groups excluding tert-OH is 2. The van der Waals surface area contributed by atoms with Crippen LogP contribution in [0.15, 0.2) is 24.3 Å². The Bertz CT molecular complexity index is 617. The molecular formula is C15H19N3O2. The maximum Gasteiger partial charge on any atom is 0.0890 e. The van der Waals surface area contributed by atoms with Crippen molar-refractivity contribution in [2.75, 3.05) is 13.2 Å². The number of nitrogens with zero attached hydrogens (tertiary/aromatic N) is 3. The number of aromatic nitrogens is 2. The van der Waals surface area contributed by atoms with E-state index < -0.39 is 0 Å². The van der Waals surface area contributed by atoms with Gasteiger partial charge in [-0.1, -0.05) is 12.1 Å². The van der Waals surface area contributed by atoms with Crippen LogP contribution in [0.5, 0.6) is 0 Å². The van der Waals surface area contributed by atoms with E-state index in [-0.39, 0.29) is 18.8 Å². The van der Waals surface area contributed by atoms with Gasteiger partial charge in [0.05, 0.1) is 35.1 Å². The Labute approximate surface area is 117 Å². The summed E-state index contributed by atoms with van der Waals surface area (Å²) in [6.45, 7) is 3.22. The third kappa shape index (κ3) is 2.52. The number of hydrogen-bond donors (Lipinski definition) is 2. The van der Waals surface area contributed by atoms with E-state index in [9.17, 15) is 10.2 Å². The second-order valence-electron chi connectivity index (χ2n) is 5.40. The van der Waals surface area contributed by atoms with Crippen LogP contribution in [-0.4, -0.2) is 50.4 Å². The van der Waals surface area contributed by atoms with Crippen LogP contribution in [0.1, 0.15) is 17.8 Å². The van der Waals surface area contributed by atoms with E-state index in [1.54, 1.807) is 0 Å². The van der Waals surface area contributed by atoms with E-state index >= 15 is 0 Å². The predicted molar refractivity (Wildman–Crippen MR) is 76.2 cm³/mol. The van der Waals surface area contributed by atoms with Crippen LogP contribution in [0.2, 0.25) is 0 Å². The van der Waals surface area contributed by atoms with Crippen molar-refractivity contribution in [2.45, 2.75) is 32.0 Å². The molecule has 20 heavy (non-hydrogen) atoms. The van der Waals surface area contributed by atoms with E-state index in [4.69, 9.17) is 0 Å². The number of fused-ring (bicyclic) bond motifs is 1. The molecule has 0 aliphatic carbocycles. The summed E-state index contributed by atoms with van der Waals surface area (Å²) in [6.07, 6.45) is 0.261. The van der Waals surface area contributed by atoms with Crippen molar-refractivity contribution < 1.29 is 10.2 Å². The van der Waals surface area contributed by atoms with Gasteiger partial charge in [-0.3, -0.25) is 4.90 Å². The minimum absolute atomic E-state index is 0.0117. The Morgan fingerprint density at radius 3 is 2.65 bits per heavy atom. The molecule has 0 bridgehead atoms. The first-order valence-electron chi connectivity index (χ1n) is 6.92. The number of hydrogen-bond acceptors (Lipinski definition) is 5. The van der Waals surface area contributed by atoms with Gasteiger partial charge in [-0.15, -0.1) is 0 Å². The topological polar surface area (TPSA) is 69.5 Å². The van der Waals surface area contributed by atoms with Crippen molar-refractivity contribution >= 4 is 11.0 Å². The average molecular weight is 273 g/mol. The van der Waals surface area contributed by atoms with Crippen LogP contribution >= 0.6 is 0 Å². The summed E-state index contributed by atoms with van der Waals surface area (Å²) in [4.78, 5) is 11.3. The fourth-order valence-corrected chi connectivity index (χ4v) is 2.81. The summed E-state index contributed by atoms with van der Waals surface area (Å²) in [6, 6.07) is 7.82. The standard InChI is InChI=1S/C15H19N3O2/c1-10-15(8-18-7-12(20)6-11(18)9-19)17-14-5-3-2-4-13(14)16-10/h2-5,11-12,19-20H,6-9H2,1H3/t11-,12-/m0/s1. The molecule has 3 rings (SSSR count). The lowest BCUT2D eigenvalue weighted by atomic mass is 10.2. The molecule has 0 unspecified atom stereocenters. The number of benzene rings is 1. The van der Waals surface area contributed by atoms with Crippen LogP contribution in [0.4, 0.5) is 0 Å². The molecule has 0 amide bonds. The first kappa shape index (κ1) is 13.4. The molecule has 1 saturated heterocycles. The van der Waals surface area contributed by atoms with Gasteiger partial charge in [-0.25, -0.2) is 9.97 Å². The SMILES string of the molecule is Cc1nc2ccccc2nc1CN1C[C@@H](O)C[C@H]1CO. The largest absolute Gasteiger partial charge is 0.395 e. The summed E-state index contributed by atoms with van der Waals surface area (Å²) in [7, 11) is 0. The summed E-state index contributed by atoms with van der Waals surface area (Å²) in [5.41, 5.74) is 3.60. The Balaban J connectivity index is 1.88. The Morgan fingerprint density at radius 1 is 1.25 bits per heavy atom. The van der Waals surface area contributed by atoms with Gasteiger partial charge >= 0.3 is 0 Å². The van der Waals surface area contributed by atoms with Gasteiger partial charge in [0, 0.05) is 19.1 Å². The minimum atomic E-state index is -0.360. The highest BCUT2D eigenvalue weighted by Crippen LogP contribution is 2.21. The molecule has 1 aromatic heterocycles. The monoisotopic (exact) mass is 273 g/mol. The zero-order chi connectivity index (χ0) is 14.1. The molecule has 0 spiro atoms. The molecule has 2 N–H and O–H groups in total. The van der Waals surface area contributed by atoms with Gasteiger partial charge in [-0.05, 0) is 25.5 Å². The molecule has 0 radical (unpaired) electrons. The summed E-state index contributed by atoms with van der Waals surface area (Å²) < 4.78 is 0. The lowest BCUT2D eigenvalue weighted by molar-refractivity contribution is 0.148. The average Bonchev–Trinajstić information content (AvgIpc) is 2.79. The molecule has 0 saturated carbocycles. The Kier molecular flexibility index (Phi) is 3.65. The van der Waals surface area contributed by atoms with Crippen LogP contribution in [-0.2, 0) is 6.54 Å². The second kappa shape index (κ2) is 5.44. The van der Waals surface area contributed by atoms with Gasteiger partial charge in [0.2, 0.25) is 0 Å². The zero-order valence-electron chi connectivity index (χ0n) is 11.5. The van der Waals surface area contributed by atoms with E-state index in [1.807, 2.05) is 31.2 Å². The van der Waals surface area contributed by atoms with E-state index in [0.717, 1.165) is 22.4 Å². The molecule has 106 valence electrons. The molecular weight excluding hydrogens is 254 g/mol. The molecule has 5 nitrogen and oxygen atoms in total. The number of aliphatic hydroxyl groups is 2. The minimum Gasteiger partial charge on any atom is -0.395 e. The normalized spacial score (nSPS) is 23.6. The number of para-hydroxylation sites is 2. The maximum absolute atomic E-state index is 9.73. The third-order valence-electron chi connectivity index (χ3n) is 3.91. The fourth-order valence-electron chi connectivity index (χ4n) is 2.81. The van der Waals surface area contributed by atoms with Crippen molar-refractivity contribution in [2.24, 2.45) is 0 Å². The number of rotatable bonds is 3. The van der Waals surface area contributed by atoms with Crippen LogP contribution < -0.4 is 0 Å². The molecule has 1 aromatic carbocycles. The summed E-state index contributed by atoms with van der Waals surface area (Å²) in [5.74, 6) is 0. The number of aryl methyl sites for hydroxylation is 1. The smallest absolute Gasteiger partial charge is 0.0890 e. The summed E-state index contributed by atoms with van der Waals surface area (Å²) in [5, 5.41) is 19.1. The molecule has 2 heterocycles. The highest BCUT2D eigenvalue weighted by atomic mass is 16.3.